The molecule has 1 N–H and O–H groups in total. The lowest BCUT2D eigenvalue weighted by Crippen LogP contribution is -2.23. The summed E-state index contributed by atoms with van der Waals surface area (Å²) in [6.07, 6.45) is 3.54. The first-order valence-corrected chi connectivity index (χ1v) is 5.29. The predicted molar refractivity (Wildman–Crippen MR) is 63.1 cm³/mol. The van der Waals surface area contributed by atoms with Crippen LogP contribution in [-0.4, -0.2) is 14.9 Å². The molecule has 1 unspecified atom stereocenters. The van der Waals surface area contributed by atoms with Crippen LogP contribution in [0.2, 0.25) is 0 Å². The number of hydrogen-bond donors (Lipinski definition) is 1. The fourth-order valence-electron chi connectivity index (χ4n) is 1.95. The van der Waals surface area contributed by atoms with Crippen LogP contribution in [0.25, 0.3) is 0 Å². The largest absolute Gasteiger partial charge is 0.381 e. The molecule has 2 rings (SSSR count). The minimum Gasteiger partial charge on any atom is -0.381 e. The summed E-state index contributed by atoms with van der Waals surface area (Å²) >= 11 is 0. The van der Waals surface area contributed by atoms with Gasteiger partial charge in [-0.15, -0.1) is 0 Å². The average molecular weight is 216 g/mol. The van der Waals surface area contributed by atoms with Crippen LogP contribution in [0.4, 0.5) is 0 Å². The fourth-order valence-corrected chi connectivity index (χ4v) is 1.95. The van der Waals surface area contributed by atoms with Gasteiger partial charge in [-0.2, -0.15) is 5.10 Å². The zero-order valence-electron chi connectivity index (χ0n) is 9.81. The summed E-state index contributed by atoms with van der Waals surface area (Å²) in [6, 6.07) is 7.85. The number of benzene rings is 1. The number of aromatic nitrogens is 2. The van der Waals surface area contributed by atoms with Crippen molar-refractivity contribution in [1.82, 2.24) is 9.78 Å². The monoisotopic (exact) mass is 216 g/mol. The minimum absolute atomic E-state index is 0.810. The average Bonchev–Trinajstić information content (AvgIpc) is 2.66. The van der Waals surface area contributed by atoms with Crippen molar-refractivity contribution >= 4 is 0 Å². The van der Waals surface area contributed by atoms with Gasteiger partial charge in [-0.05, 0) is 25.0 Å². The Morgan fingerprint density at radius 3 is 2.56 bits per heavy atom. The Labute approximate surface area is 95.3 Å². The van der Waals surface area contributed by atoms with Gasteiger partial charge in [-0.25, -0.2) is 0 Å². The van der Waals surface area contributed by atoms with Crippen LogP contribution >= 0.6 is 0 Å². The van der Waals surface area contributed by atoms with Crippen LogP contribution in [0, 0.1) is 6.92 Å². The van der Waals surface area contributed by atoms with Gasteiger partial charge >= 0.3 is 0 Å². The van der Waals surface area contributed by atoms with Gasteiger partial charge in [-0.1, -0.05) is 24.3 Å². The quantitative estimate of drug-likeness (QED) is 0.833. The van der Waals surface area contributed by atoms with Crippen LogP contribution in [0.3, 0.4) is 0 Å². The van der Waals surface area contributed by atoms with E-state index in [-0.39, 0.29) is 0 Å². The third-order valence-corrected chi connectivity index (χ3v) is 2.94. The number of rotatable bonds is 2. The van der Waals surface area contributed by atoms with Gasteiger partial charge in [0, 0.05) is 18.8 Å². The first kappa shape index (κ1) is 10.9. The lowest BCUT2D eigenvalue weighted by Gasteiger charge is -2.24. The van der Waals surface area contributed by atoms with E-state index in [1.165, 1.54) is 0 Å². The summed E-state index contributed by atoms with van der Waals surface area (Å²) in [5, 5.41) is 14.7. The zero-order valence-corrected chi connectivity index (χ0v) is 9.81. The topological polar surface area (TPSA) is 38.1 Å². The Balaban J connectivity index is 2.50. The summed E-state index contributed by atoms with van der Waals surface area (Å²) in [5.74, 6) is 0. The summed E-state index contributed by atoms with van der Waals surface area (Å²) in [4.78, 5) is 0. The second-order valence-electron chi connectivity index (χ2n) is 4.29. The molecule has 1 heterocycles. The Kier molecular flexibility index (Phi) is 2.56. The standard InChI is InChI=1S/C13H16N2O/c1-10-6-4-5-7-12(10)13(2,16)11-8-14-15(3)9-11/h4-9,16H,1-3H3. The van der Waals surface area contributed by atoms with Gasteiger partial charge in [0.15, 0.2) is 0 Å². The third kappa shape index (κ3) is 1.74. The molecule has 16 heavy (non-hydrogen) atoms. The Morgan fingerprint density at radius 2 is 2.00 bits per heavy atom. The molecule has 84 valence electrons. The van der Waals surface area contributed by atoms with E-state index in [0.29, 0.717) is 0 Å². The van der Waals surface area contributed by atoms with Gasteiger partial charge < -0.3 is 5.11 Å². The van der Waals surface area contributed by atoms with E-state index < -0.39 is 5.60 Å². The number of nitrogens with zero attached hydrogens (tertiary/aromatic N) is 2. The molecule has 0 amide bonds. The second-order valence-corrected chi connectivity index (χ2v) is 4.29. The number of aryl methyl sites for hydroxylation is 2. The lowest BCUT2D eigenvalue weighted by molar-refractivity contribution is 0.101. The maximum Gasteiger partial charge on any atom is 0.115 e. The maximum absolute atomic E-state index is 10.6. The molecule has 1 atom stereocenters. The van der Waals surface area contributed by atoms with E-state index >= 15 is 0 Å². The molecule has 3 heteroatoms. The molecule has 2 aromatic rings. The molecule has 0 saturated carbocycles. The number of hydrogen-bond acceptors (Lipinski definition) is 2. The van der Waals surface area contributed by atoms with E-state index in [1.54, 1.807) is 17.8 Å². The molecule has 0 spiro atoms. The van der Waals surface area contributed by atoms with Gasteiger partial charge in [0.2, 0.25) is 0 Å². The number of aliphatic hydroxyl groups is 1. The van der Waals surface area contributed by atoms with Gasteiger partial charge in [-0.3, -0.25) is 4.68 Å². The molecule has 0 bridgehead atoms. The van der Waals surface area contributed by atoms with Crippen molar-refractivity contribution in [2.75, 3.05) is 0 Å². The van der Waals surface area contributed by atoms with E-state index in [2.05, 4.69) is 5.10 Å². The molecule has 1 aromatic heterocycles. The van der Waals surface area contributed by atoms with Crippen molar-refractivity contribution in [1.29, 1.82) is 0 Å². The van der Waals surface area contributed by atoms with E-state index in [9.17, 15) is 5.11 Å². The van der Waals surface area contributed by atoms with E-state index in [1.807, 2.05) is 44.4 Å². The van der Waals surface area contributed by atoms with Gasteiger partial charge in [0.1, 0.15) is 5.60 Å². The minimum atomic E-state index is -0.987. The SMILES string of the molecule is Cc1ccccc1C(C)(O)c1cnn(C)c1. The molecule has 0 fully saturated rings. The van der Waals surface area contributed by atoms with Crippen LogP contribution in [-0.2, 0) is 12.6 Å². The second kappa shape index (κ2) is 3.76. The smallest absolute Gasteiger partial charge is 0.115 e. The van der Waals surface area contributed by atoms with Crippen molar-refractivity contribution < 1.29 is 5.11 Å². The molecular weight excluding hydrogens is 200 g/mol. The van der Waals surface area contributed by atoms with Gasteiger partial charge in [0.25, 0.3) is 0 Å². The molecule has 0 aliphatic carbocycles. The summed E-state index contributed by atoms with van der Waals surface area (Å²) < 4.78 is 1.70. The third-order valence-electron chi connectivity index (χ3n) is 2.94. The highest BCUT2D eigenvalue weighted by Gasteiger charge is 2.28. The first-order chi connectivity index (χ1) is 7.51. The molecule has 0 aliphatic rings. The van der Waals surface area contributed by atoms with Crippen LogP contribution in [0.5, 0.6) is 0 Å². The molecule has 3 nitrogen and oxygen atoms in total. The summed E-state index contributed by atoms with van der Waals surface area (Å²) in [5.41, 5.74) is 1.82. The van der Waals surface area contributed by atoms with Crippen molar-refractivity contribution in [2.45, 2.75) is 19.4 Å². The summed E-state index contributed by atoms with van der Waals surface area (Å²) in [7, 11) is 1.84. The van der Waals surface area contributed by atoms with Crippen LogP contribution in [0.1, 0.15) is 23.6 Å². The van der Waals surface area contributed by atoms with Crippen molar-refractivity contribution in [3.8, 4) is 0 Å². The van der Waals surface area contributed by atoms with Crippen LogP contribution < -0.4 is 0 Å². The van der Waals surface area contributed by atoms with Crippen molar-refractivity contribution in [2.24, 2.45) is 7.05 Å². The Morgan fingerprint density at radius 1 is 1.31 bits per heavy atom. The highest BCUT2D eigenvalue weighted by atomic mass is 16.3. The zero-order chi connectivity index (χ0) is 11.8. The van der Waals surface area contributed by atoms with E-state index in [0.717, 1.165) is 16.7 Å². The van der Waals surface area contributed by atoms with Crippen LogP contribution in [0.15, 0.2) is 36.7 Å². The van der Waals surface area contributed by atoms with Crippen molar-refractivity contribution in [3.63, 3.8) is 0 Å². The highest BCUT2D eigenvalue weighted by Crippen LogP contribution is 2.30. The fraction of sp³-hybridized carbons (Fsp3) is 0.308. The van der Waals surface area contributed by atoms with E-state index in [4.69, 9.17) is 0 Å². The highest BCUT2D eigenvalue weighted by molar-refractivity contribution is 5.37. The molecule has 0 aliphatic heterocycles. The summed E-state index contributed by atoms with van der Waals surface area (Å²) in [6.45, 7) is 3.80. The van der Waals surface area contributed by atoms with Crippen molar-refractivity contribution in [3.05, 3.63) is 53.3 Å². The Hall–Kier alpha value is -1.61. The normalized spacial score (nSPS) is 14.8. The maximum atomic E-state index is 10.6. The predicted octanol–water partition coefficient (Wildman–Crippen LogP) is 1.98. The molecule has 1 aromatic carbocycles. The molecule has 0 saturated heterocycles. The molecular formula is C13H16N2O. The lowest BCUT2D eigenvalue weighted by atomic mass is 9.87. The molecule has 0 radical (unpaired) electrons. The van der Waals surface area contributed by atoms with Gasteiger partial charge in [0.05, 0.1) is 6.20 Å². The first-order valence-electron chi connectivity index (χ1n) is 5.29. The Bertz CT molecular complexity index is 500.